The molecule has 0 aliphatic heterocycles. The van der Waals surface area contributed by atoms with Crippen molar-refractivity contribution in [2.75, 3.05) is 0 Å². The van der Waals surface area contributed by atoms with Gasteiger partial charge in [-0.3, -0.25) is 0 Å². The second-order valence-corrected chi connectivity index (χ2v) is 21.1. The molecule has 0 unspecified atom stereocenters. The summed E-state index contributed by atoms with van der Waals surface area (Å²) in [5, 5.41) is 0. The SMILES string of the molecule is CCC[CH2][Sn](/[CH]=C(\C#Cc1ccccc1)c1ccccc1)([CH2]CCC)[CH2]CCC. The monoisotopic (exact) mass is 494 g/mol. The maximum absolute atomic E-state index is 3.60. The zero-order valence-electron chi connectivity index (χ0n) is 18.7. The van der Waals surface area contributed by atoms with Crippen molar-refractivity contribution in [3.8, 4) is 11.8 Å². The van der Waals surface area contributed by atoms with Crippen molar-refractivity contribution in [3.05, 3.63) is 75.9 Å². The third-order valence-corrected chi connectivity index (χ3v) is 19.9. The number of unbranched alkanes of at least 4 members (excludes halogenated alkanes) is 3. The van der Waals surface area contributed by atoms with Gasteiger partial charge in [0.05, 0.1) is 0 Å². The molecular formula is C28H38Sn. The Kier molecular flexibility index (Phi) is 11.3. The molecule has 0 atom stereocenters. The summed E-state index contributed by atoms with van der Waals surface area (Å²) in [5.41, 5.74) is 3.68. The first-order valence-corrected chi connectivity index (χ1v) is 19.3. The van der Waals surface area contributed by atoms with E-state index in [1.54, 1.807) is 0 Å². The third kappa shape index (κ3) is 8.43. The van der Waals surface area contributed by atoms with E-state index in [-0.39, 0.29) is 0 Å². The molecule has 0 aliphatic carbocycles. The number of allylic oxidation sites excluding steroid dienone is 1. The maximum atomic E-state index is 3.60. The third-order valence-electron chi connectivity index (χ3n) is 5.74. The van der Waals surface area contributed by atoms with Gasteiger partial charge in [-0.05, 0) is 0 Å². The molecule has 0 nitrogen and oxygen atoms in total. The Bertz CT molecular complexity index is 756. The Morgan fingerprint density at radius 2 is 1.21 bits per heavy atom. The van der Waals surface area contributed by atoms with Gasteiger partial charge in [0.25, 0.3) is 0 Å². The van der Waals surface area contributed by atoms with E-state index >= 15 is 0 Å². The summed E-state index contributed by atoms with van der Waals surface area (Å²) in [6, 6.07) is 21.3. The molecular weight excluding hydrogens is 455 g/mol. The van der Waals surface area contributed by atoms with Crippen LogP contribution in [0.15, 0.2) is 64.8 Å². The van der Waals surface area contributed by atoms with Gasteiger partial charge < -0.3 is 0 Å². The van der Waals surface area contributed by atoms with E-state index in [2.05, 4.69) is 97.4 Å². The molecule has 0 heterocycles. The van der Waals surface area contributed by atoms with Gasteiger partial charge in [-0.1, -0.05) is 0 Å². The molecule has 0 saturated heterocycles. The molecule has 0 saturated carbocycles. The van der Waals surface area contributed by atoms with Crippen LogP contribution >= 0.6 is 0 Å². The molecule has 2 rings (SSSR count). The van der Waals surface area contributed by atoms with Crippen molar-refractivity contribution in [2.24, 2.45) is 0 Å². The van der Waals surface area contributed by atoms with Gasteiger partial charge in [-0.2, -0.15) is 0 Å². The molecule has 154 valence electrons. The summed E-state index contributed by atoms with van der Waals surface area (Å²) in [5.74, 6) is 7.05. The van der Waals surface area contributed by atoms with Crippen LogP contribution in [0.5, 0.6) is 0 Å². The summed E-state index contributed by atoms with van der Waals surface area (Å²) in [6.45, 7) is 7.02. The Hall–Kier alpha value is -1.46. The molecule has 0 amide bonds. The van der Waals surface area contributed by atoms with Crippen LogP contribution in [0.1, 0.15) is 70.4 Å². The molecule has 0 bridgehead atoms. The average Bonchev–Trinajstić information content (AvgIpc) is 2.78. The second kappa shape index (κ2) is 13.7. The predicted molar refractivity (Wildman–Crippen MR) is 133 cm³/mol. The van der Waals surface area contributed by atoms with Crippen molar-refractivity contribution in [3.63, 3.8) is 0 Å². The quantitative estimate of drug-likeness (QED) is 0.218. The van der Waals surface area contributed by atoms with Crippen molar-refractivity contribution >= 4 is 24.0 Å². The van der Waals surface area contributed by atoms with Crippen LogP contribution in [0.4, 0.5) is 0 Å². The van der Waals surface area contributed by atoms with Gasteiger partial charge in [0.2, 0.25) is 0 Å². The van der Waals surface area contributed by atoms with Gasteiger partial charge in [0, 0.05) is 0 Å². The first kappa shape index (κ1) is 23.8. The first-order valence-electron chi connectivity index (χ1n) is 11.6. The van der Waals surface area contributed by atoms with E-state index in [0.29, 0.717) is 0 Å². The summed E-state index contributed by atoms with van der Waals surface area (Å²) in [7, 11) is 0. The molecule has 1 heteroatoms. The van der Waals surface area contributed by atoms with Crippen LogP contribution in [0.2, 0.25) is 13.3 Å². The van der Waals surface area contributed by atoms with Crippen molar-refractivity contribution < 1.29 is 0 Å². The zero-order valence-corrected chi connectivity index (χ0v) is 21.6. The summed E-state index contributed by atoms with van der Waals surface area (Å²) >= 11 is -2.41. The van der Waals surface area contributed by atoms with Crippen LogP contribution in [-0.2, 0) is 0 Å². The van der Waals surface area contributed by atoms with E-state index in [4.69, 9.17) is 0 Å². The Morgan fingerprint density at radius 1 is 0.724 bits per heavy atom. The molecule has 0 aliphatic rings. The standard InChI is InChI=1S/C16H11.3C4H9.Sn/c1-14(16-10-6-3-7-11-16)12-13-15-8-4-2-5-9-15;3*1-3-4-2;/h1-11H;3*1,3-4H2,2H3;. The number of benzene rings is 2. The summed E-state index contributed by atoms with van der Waals surface area (Å²) in [6.07, 6.45) is 8.07. The van der Waals surface area contributed by atoms with Crippen LogP contribution in [0.25, 0.3) is 5.57 Å². The van der Waals surface area contributed by atoms with E-state index in [1.807, 2.05) is 0 Å². The van der Waals surface area contributed by atoms with Gasteiger partial charge in [-0.25, -0.2) is 0 Å². The minimum absolute atomic E-state index is 1.10. The van der Waals surface area contributed by atoms with Crippen LogP contribution in [-0.4, -0.2) is 18.4 Å². The molecule has 0 spiro atoms. The fourth-order valence-electron chi connectivity index (χ4n) is 3.95. The summed E-state index contributed by atoms with van der Waals surface area (Å²) < 4.78 is 7.21. The number of hydrogen-bond acceptors (Lipinski definition) is 0. The van der Waals surface area contributed by atoms with Crippen LogP contribution in [0, 0.1) is 11.8 Å². The molecule has 0 N–H and O–H groups in total. The van der Waals surface area contributed by atoms with Gasteiger partial charge in [0.15, 0.2) is 0 Å². The van der Waals surface area contributed by atoms with E-state index in [1.165, 1.54) is 63.0 Å². The van der Waals surface area contributed by atoms with Crippen LogP contribution < -0.4 is 0 Å². The van der Waals surface area contributed by atoms with Crippen molar-refractivity contribution in [1.29, 1.82) is 0 Å². The van der Waals surface area contributed by atoms with Gasteiger partial charge in [0.1, 0.15) is 0 Å². The zero-order chi connectivity index (χ0) is 20.8. The number of hydrogen-bond donors (Lipinski definition) is 0. The number of rotatable bonds is 11. The van der Waals surface area contributed by atoms with Crippen molar-refractivity contribution in [2.45, 2.75) is 72.6 Å². The van der Waals surface area contributed by atoms with Crippen molar-refractivity contribution in [1.82, 2.24) is 0 Å². The van der Waals surface area contributed by atoms with E-state index in [9.17, 15) is 0 Å². The predicted octanol–water partition coefficient (Wildman–Crippen LogP) is 8.51. The Labute approximate surface area is 183 Å². The fraction of sp³-hybridized carbons (Fsp3) is 0.429. The molecule has 29 heavy (non-hydrogen) atoms. The Morgan fingerprint density at radius 3 is 1.69 bits per heavy atom. The molecule has 0 aromatic heterocycles. The molecule has 0 radical (unpaired) electrons. The summed E-state index contributed by atoms with van der Waals surface area (Å²) in [4.78, 5) is 0. The van der Waals surface area contributed by atoms with Gasteiger partial charge >= 0.3 is 184 Å². The van der Waals surface area contributed by atoms with Gasteiger partial charge in [-0.15, -0.1) is 0 Å². The molecule has 2 aromatic rings. The minimum atomic E-state index is -2.41. The fourth-order valence-corrected chi connectivity index (χ4v) is 18.8. The molecule has 2 aromatic carbocycles. The van der Waals surface area contributed by atoms with Crippen LogP contribution in [0.3, 0.4) is 0 Å². The normalized spacial score (nSPS) is 11.8. The average molecular weight is 493 g/mol. The van der Waals surface area contributed by atoms with E-state index in [0.717, 1.165) is 5.56 Å². The second-order valence-electron chi connectivity index (χ2n) is 8.21. The topological polar surface area (TPSA) is 0 Å². The Balaban J connectivity index is 2.50. The van der Waals surface area contributed by atoms with E-state index < -0.39 is 18.4 Å². The molecule has 0 fully saturated rings. The first-order chi connectivity index (χ1) is 14.2.